The number of rotatable bonds is 4. The fraction of sp³-hybridized carbons (Fsp3) is 0.0714. The van der Waals surface area contributed by atoms with Crippen molar-refractivity contribution < 1.29 is 22.7 Å². The number of halogens is 1. The molecule has 0 bridgehead atoms. The third kappa shape index (κ3) is 3.38. The molecule has 0 saturated heterocycles. The van der Waals surface area contributed by atoms with Gasteiger partial charge in [0.2, 0.25) is 0 Å². The van der Waals surface area contributed by atoms with Crippen molar-refractivity contribution in [1.29, 1.82) is 0 Å². The summed E-state index contributed by atoms with van der Waals surface area (Å²) in [5.41, 5.74) is 0.323. The highest BCUT2D eigenvalue weighted by atomic mass is 32.2. The minimum Gasteiger partial charge on any atom is -0.545 e. The summed E-state index contributed by atoms with van der Waals surface area (Å²) in [7, 11) is -3.98. The number of sulfonamides is 1. The van der Waals surface area contributed by atoms with E-state index >= 15 is 0 Å². The Morgan fingerprint density at radius 2 is 1.76 bits per heavy atom. The normalized spacial score (nSPS) is 11.1. The van der Waals surface area contributed by atoms with Crippen molar-refractivity contribution in [2.45, 2.75) is 11.8 Å². The molecule has 0 spiro atoms. The first-order valence-corrected chi connectivity index (χ1v) is 7.38. The van der Waals surface area contributed by atoms with Crippen LogP contribution < -0.4 is 9.83 Å². The van der Waals surface area contributed by atoms with Gasteiger partial charge in [-0.1, -0.05) is 12.1 Å². The molecule has 0 saturated carbocycles. The van der Waals surface area contributed by atoms with Gasteiger partial charge in [-0.2, -0.15) is 0 Å². The molecule has 2 rings (SSSR count). The number of carbonyl (C=O) groups excluding carboxylic acids is 1. The molecule has 0 atom stereocenters. The highest BCUT2D eigenvalue weighted by Gasteiger charge is 2.17. The number of aromatic carboxylic acids is 1. The number of nitrogens with one attached hydrogen (secondary N) is 1. The first-order chi connectivity index (χ1) is 9.79. The zero-order valence-corrected chi connectivity index (χ0v) is 11.8. The SMILES string of the molecule is Cc1ccc(C(=O)[O-])cc1S(=O)(=O)Nc1ccc(F)cc1. The minimum absolute atomic E-state index is 0.173. The van der Waals surface area contributed by atoms with Gasteiger partial charge in [0.1, 0.15) is 5.82 Å². The van der Waals surface area contributed by atoms with Crippen LogP contribution in [0.5, 0.6) is 0 Å². The van der Waals surface area contributed by atoms with Crippen LogP contribution in [0.4, 0.5) is 10.1 Å². The second-order valence-electron chi connectivity index (χ2n) is 4.38. The number of benzene rings is 2. The van der Waals surface area contributed by atoms with Gasteiger partial charge in [0.25, 0.3) is 10.0 Å². The molecule has 0 amide bonds. The molecule has 0 aliphatic heterocycles. The average molecular weight is 308 g/mol. The molecule has 1 N–H and O–H groups in total. The van der Waals surface area contributed by atoms with Crippen molar-refractivity contribution in [2.24, 2.45) is 0 Å². The van der Waals surface area contributed by atoms with Crippen LogP contribution in [0.3, 0.4) is 0 Å². The molecular formula is C14H11FNO4S-. The Balaban J connectivity index is 2.41. The monoisotopic (exact) mass is 308 g/mol. The number of carbonyl (C=O) groups is 1. The van der Waals surface area contributed by atoms with Gasteiger partial charge in [-0.3, -0.25) is 4.72 Å². The number of hydrogen-bond acceptors (Lipinski definition) is 4. The Kier molecular flexibility index (Phi) is 3.95. The average Bonchev–Trinajstić information content (AvgIpc) is 2.41. The molecular weight excluding hydrogens is 297 g/mol. The summed E-state index contributed by atoms with van der Waals surface area (Å²) in [4.78, 5) is 10.6. The number of aryl methyl sites for hydroxylation is 1. The lowest BCUT2D eigenvalue weighted by Gasteiger charge is -2.12. The summed E-state index contributed by atoms with van der Waals surface area (Å²) in [6.07, 6.45) is 0. The topological polar surface area (TPSA) is 86.3 Å². The molecule has 0 aliphatic carbocycles. The Bertz CT molecular complexity index is 785. The van der Waals surface area contributed by atoms with Crippen molar-refractivity contribution in [1.82, 2.24) is 0 Å². The van der Waals surface area contributed by atoms with E-state index < -0.39 is 21.8 Å². The molecule has 0 fully saturated rings. The lowest BCUT2D eigenvalue weighted by Crippen LogP contribution is -2.23. The van der Waals surface area contributed by atoms with Crippen molar-refractivity contribution in [3.05, 3.63) is 59.4 Å². The molecule has 0 heterocycles. The van der Waals surface area contributed by atoms with Crippen LogP contribution in [0.2, 0.25) is 0 Å². The second-order valence-corrected chi connectivity index (χ2v) is 6.03. The van der Waals surface area contributed by atoms with Gasteiger partial charge in [-0.15, -0.1) is 0 Å². The highest BCUT2D eigenvalue weighted by Crippen LogP contribution is 2.20. The van der Waals surface area contributed by atoms with E-state index in [2.05, 4.69) is 4.72 Å². The predicted octanol–water partition coefficient (Wildman–Crippen LogP) is 1.30. The Morgan fingerprint density at radius 1 is 1.14 bits per heavy atom. The van der Waals surface area contributed by atoms with Gasteiger partial charge in [0, 0.05) is 5.69 Å². The quantitative estimate of drug-likeness (QED) is 0.922. The summed E-state index contributed by atoms with van der Waals surface area (Å²) in [5.74, 6) is -1.96. The van der Waals surface area contributed by atoms with Gasteiger partial charge < -0.3 is 9.90 Å². The zero-order valence-electron chi connectivity index (χ0n) is 11.0. The lowest BCUT2D eigenvalue weighted by atomic mass is 10.1. The van der Waals surface area contributed by atoms with E-state index in [0.29, 0.717) is 5.56 Å². The number of carboxylic acids is 1. The molecule has 0 unspecified atom stereocenters. The minimum atomic E-state index is -3.98. The van der Waals surface area contributed by atoms with Gasteiger partial charge in [0.15, 0.2) is 0 Å². The molecule has 7 heteroatoms. The standard InChI is InChI=1S/C14H12FNO4S/c1-9-2-3-10(14(17)18)8-13(9)21(19,20)16-12-6-4-11(15)5-7-12/h2-8,16H,1H3,(H,17,18)/p-1. The first kappa shape index (κ1) is 15.0. The maximum atomic E-state index is 12.8. The van der Waals surface area contributed by atoms with E-state index in [1.54, 1.807) is 0 Å². The smallest absolute Gasteiger partial charge is 0.262 e. The Labute approximate surface area is 121 Å². The molecule has 0 radical (unpaired) electrons. The largest absolute Gasteiger partial charge is 0.545 e. The highest BCUT2D eigenvalue weighted by molar-refractivity contribution is 7.92. The fourth-order valence-corrected chi connectivity index (χ4v) is 3.08. The number of carboxylic acid groups (broad SMARTS) is 1. The van der Waals surface area contributed by atoms with Crippen LogP contribution in [0.15, 0.2) is 47.4 Å². The molecule has 21 heavy (non-hydrogen) atoms. The molecule has 0 aliphatic rings. The maximum absolute atomic E-state index is 12.8. The maximum Gasteiger partial charge on any atom is 0.262 e. The summed E-state index contributed by atoms with van der Waals surface area (Å²) in [6, 6.07) is 8.43. The van der Waals surface area contributed by atoms with Gasteiger partial charge in [-0.25, -0.2) is 12.8 Å². The summed E-state index contributed by atoms with van der Waals surface area (Å²) in [6.45, 7) is 1.54. The van der Waals surface area contributed by atoms with E-state index in [1.807, 2.05) is 0 Å². The lowest BCUT2D eigenvalue weighted by molar-refractivity contribution is -0.255. The zero-order chi connectivity index (χ0) is 15.6. The van der Waals surface area contributed by atoms with Crippen LogP contribution in [-0.4, -0.2) is 14.4 Å². The van der Waals surface area contributed by atoms with Gasteiger partial charge in [0.05, 0.1) is 10.9 Å². The second kappa shape index (κ2) is 5.53. The van der Waals surface area contributed by atoms with Crippen LogP contribution >= 0.6 is 0 Å². The van der Waals surface area contributed by atoms with Crippen molar-refractivity contribution in [3.63, 3.8) is 0 Å². The van der Waals surface area contributed by atoms with Crippen LogP contribution in [0.1, 0.15) is 15.9 Å². The summed E-state index contributed by atoms with van der Waals surface area (Å²) >= 11 is 0. The van der Waals surface area contributed by atoms with Gasteiger partial charge in [-0.05, 0) is 48.4 Å². The molecule has 0 aromatic heterocycles. The molecule has 110 valence electrons. The predicted molar refractivity (Wildman–Crippen MR) is 72.7 cm³/mol. The number of hydrogen-bond donors (Lipinski definition) is 1. The van der Waals surface area contributed by atoms with Crippen molar-refractivity contribution in [2.75, 3.05) is 4.72 Å². The number of anilines is 1. The third-order valence-corrected chi connectivity index (χ3v) is 4.33. The van der Waals surface area contributed by atoms with E-state index in [9.17, 15) is 22.7 Å². The first-order valence-electron chi connectivity index (χ1n) is 5.90. The van der Waals surface area contributed by atoms with E-state index in [-0.39, 0.29) is 16.1 Å². The van der Waals surface area contributed by atoms with E-state index in [4.69, 9.17) is 0 Å². The van der Waals surface area contributed by atoms with E-state index in [1.165, 1.54) is 31.2 Å². The summed E-state index contributed by atoms with van der Waals surface area (Å²) < 4.78 is 39.6. The Hall–Kier alpha value is -2.41. The van der Waals surface area contributed by atoms with Crippen molar-refractivity contribution >= 4 is 21.7 Å². The van der Waals surface area contributed by atoms with Crippen molar-refractivity contribution in [3.8, 4) is 0 Å². The van der Waals surface area contributed by atoms with Gasteiger partial charge >= 0.3 is 0 Å². The van der Waals surface area contributed by atoms with Crippen LogP contribution in [-0.2, 0) is 10.0 Å². The van der Waals surface area contributed by atoms with Crippen LogP contribution in [0, 0.1) is 12.7 Å². The third-order valence-electron chi connectivity index (χ3n) is 2.81. The Morgan fingerprint density at radius 3 is 2.33 bits per heavy atom. The molecule has 2 aromatic rings. The summed E-state index contributed by atoms with van der Waals surface area (Å²) in [5, 5.41) is 10.8. The fourth-order valence-electron chi connectivity index (χ4n) is 1.74. The molecule has 2 aromatic carbocycles. The van der Waals surface area contributed by atoms with E-state index in [0.717, 1.165) is 18.2 Å². The molecule has 5 nitrogen and oxygen atoms in total. The van der Waals surface area contributed by atoms with Crippen LogP contribution in [0.25, 0.3) is 0 Å².